The van der Waals surface area contributed by atoms with Gasteiger partial charge in [0.2, 0.25) is 0 Å². The van der Waals surface area contributed by atoms with Gasteiger partial charge in [-0.05, 0) is 18.6 Å². The number of rotatable bonds is 5. The predicted molar refractivity (Wildman–Crippen MR) is 62.9 cm³/mol. The van der Waals surface area contributed by atoms with Crippen LogP contribution in [0.15, 0.2) is 18.2 Å². The van der Waals surface area contributed by atoms with E-state index in [1.54, 1.807) is 7.11 Å². The molecule has 1 aromatic rings. The molecule has 84 valence electrons. The monoisotopic (exact) mass is 229 g/mol. The highest BCUT2D eigenvalue weighted by molar-refractivity contribution is 6.18. The molecule has 0 radical (unpaired) electrons. The number of hydrogen-bond donors (Lipinski definition) is 2. The number of para-hydroxylation sites is 1. The molecule has 0 heterocycles. The highest BCUT2D eigenvalue weighted by Crippen LogP contribution is 2.27. The molecule has 0 aliphatic carbocycles. The molecule has 0 spiro atoms. The maximum atomic E-state index is 9.34. The number of anilines is 1. The van der Waals surface area contributed by atoms with Gasteiger partial charge in [-0.25, -0.2) is 0 Å². The fourth-order valence-corrected chi connectivity index (χ4v) is 1.42. The average Bonchev–Trinajstić information content (AvgIpc) is 2.26. The Hall–Kier alpha value is -0.930. The maximum absolute atomic E-state index is 9.34. The molecule has 15 heavy (non-hydrogen) atoms. The molecule has 0 saturated heterocycles. The van der Waals surface area contributed by atoms with E-state index in [1.165, 1.54) is 0 Å². The van der Waals surface area contributed by atoms with E-state index in [2.05, 4.69) is 5.32 Å². The summed E-state index contributed by atoms with van der Waals surface area (Å²) in [5, 5.41) is 12.5. The molecule has 0 aromatic heterocycles. The van der Waals surface area contributed by atoms with Crippen LogP contribution in [0.1, 0.15) is 5.56 Å². The number of methoxy groups -OCH3 is 1. The van der Waals surface area contributed by atoms with Gasteiger partial charge in [0.05, 0.1) is 24.8 Å². The summed E-state index contributed by atoms with van der Waals surface area (Å²) in [4.78, 5) is 0. The van der Waals surface area contributed by atoms with Crippen molar-refractivity contribution in [2.45, 2.75) is 13.0 Å². The smallest absolute Gasteiger partial charge is 0.142 e. The number of aliphatic hydroxyl groups is 1. The number of alkyl halides is 1. The second kappa shape index (κ2) is 5.83. The van der Waals surface area contributed by atoms with Gasteiger partial charge in [-0.15, -0.1) is 11.6 Å². The van der Waals surface area contributed by atoms with Crippen molar-refractivity contribution in [2.24, 2.45) is 0 Å². The first-order chi connectivity index (χ1) is 7.19. The lowest BCUT2D eigenvalue weighted by molar-refractivity contribution is 0.211. The first-order valence-corrected chi connectivity index (χ1v) is 5.34. The van der Waals surface area contributed by atoms with Gasteiger partial charge in [0, 0.05) is 6.54 Å². The summed E-state index contributed by atoms with van der Waals surface area (Å²) in [6.45, 7) is 2.41. The SMILES string of the molecule is COc1cccc(C)c1NCC(O)CCl. The van der Waals surface area contributed by atoms with E-state index < -0.39 is 6.10 Å². The van der Waals surface area contributed by atoms with Gasteiger partial charge in [0.25, 0.3) is 0 Å². The molecule has 2 N–H and O–H groups in total. The van der Waals surface area contributed by atoms with E-state index in [1.807, 2.05) is 25.1 Å². The average molecular weight is 230 g/mol. The third-order valence-electron chi connectivity index (χ3n) is 2.15. The Morgan fingerprint density at radius 1 is 1.53 bits per heavy atom. The molecular weight excluding hydrogens is 214 g/mol. The van der Waals surface area contributed by atoms with Crippen molar-refractivity contribution in [1.82, 2.24) is 0 Å². The quantitative estimate of drug-likeness (QED) is 0.759. The van der Waals surface area contributed by atoms with Crippen molar-refractivity contribution >= 4 is 17.3 Å². The second-order valence-corrected chi connectivity index (χ2v) is 3.65. The van der Waals surface area contributed by atoms with Crippen LogP contribution >= 0.6 is 11.6 Å². The van der Waals surface area contributed by atoms with Crippen molar-refractivity contribution in [2.75, 3.05) is 24.9 Å². The van der Waals surface area contributed by atoms with Crippen LogP contribution in [0.25, 0.3) is 0 Å². The Labute approximate surface area is 95.0 Å². The van der Waals surface area contributed by atoms with Gasteiger partial charge in [-0.1, -0.05) is 12.1 Å². The van der Waals surface area contributed by atoms with Gasteiger partial charge in [0.1, 0.15) is 5.75 Å². The Balaban J connectivity index is 2.74. The Morgan fingerprint density at radius 2 is 2.27 bits per heavy atom. The summed E-state index contributed by atoms with van der Waals surface area (Å²) < 4.78 is 5.21. The number of benzene rings is 1. The predicted octanol–water partition coefficient (Wildman–Crippen LogP) is 2.02. The van der Waals surface area contributed by atoms with Crippen LogP contribution in [0.2, 0.25) is 0 Å². The number of nitrogens with one attached hydrogen (secondary N) is 1. The van der Waals surface area contributed by atoms with E-state index in [0.29, 0.717) is 6.54 Å². The largest absolute Gasteiger partial charge is 0.495 e. The van der Waals surface area contributed by atoms with Gasteiger partial charge in [-0.2, -0.15) is 0 Å². The lowest BCUT2D eigenvalue weighted by atomic mass is 10.2. The van der Waals surface area contributed by atoms with Gasteiger partial charge >= 0.3 is 0 Å². The van der Waals surface area contributed by atoms with Crippen LogP contribution < -0.4 is 10.1 Å². The molecule has 1 atom stereocenters. The lowest BCUT2D eigenvalue weighted by Gasteiger charge is -2.15. The highest BCUT2D eigenvalue weighted by Gasteiger charge is 2.07. The summed E-state index contributed by atoms with van der Waals surface area (Å²) in [6, 6.07) is 5.79. The van der Waals surface area contributed by atoms with E-state index in [4.69, 9.17) is 16.3 Å². The number of hydrogen-bond acceptors (Lipinski definition) is 3. The Morgan fingerprint density at radius 3 is 2.87 bits per heavy atom. The number of aliphatic hydroxyl groups excluding tert-OH is 1. The summed E-state index contributed by atoms with van der Waals surface area (Å²) in [5.74, 6) is 0.998. The first kappa shape index (κ1) is 12.1. The van der Waals surface area contributed by atoms with Crippen LogP contribution in [-0.2, 0) is 0 Å². The molecule has 1 aromatic carbocycles. The van der Waals surface area contributed by atoms with E-state index in [-0.39, 0.29) is 5.88 Å². The maximum Gasteiger partial charge on any atom is 0.142 e. The van der Waals surface area contributed by atoms with Crippen LogP contribution in [-0.4, -0.2) is 30.7 Å². The third kappa shape index (κ3) is 3.29. The Kier molecular flexibility index (Phi) is 4.72. The molecule has 0 amide bonds. The fraction of sp³-hybridized carbons (Fsp3) is 0.455. The van der Waals surface area contributed by atoms with Crippen LogP contribution in [0.5, 0.6) is 5.75 Å². The minimum Gasteiger partial charge on any atom is -0.495 e. The molecule has 3 nitrogen and oxygen atoms in total. The van der Waals surface area contributed by atoms with Gasteiger partial charge in [0.15, 0.2) is 0 Å². The zero-order chi connectivity index (χ0) is 11.3. The van der Waals surface area contributed by atoms with Crippen molar-refractivity contribution in [3.8, 4) is 5.75 Å². The summed E-state index contributed by atoms with van der Waals surface area (Å²) in [7, 11) is 1.62. The zero-order valence-electron chi connectivity index (χ0n) is 8.96. The van der Waals surface area contributed by atoms with Crippen LogP contribution in [0.3, 0.4) is 0 Å². The Bertz CT molecular complexity index is 317. The standard InChI is InChI=1S/C11H16ClNO2/c1-8-4-3-5-10(15-2)11(8)13-7-9(14)6-12/h3-5,9,13-14H,6-7H2,1-2H3. The van der Waals surface area contributed by atoms with Crippen molar-refractivity contribution in [3.05, 3.63) is 23.8 Å². The minimum atomic E-state index is -0.545. The number of ether oxygens (including phenoxy) is 1. The molecule has 0 aliphatic rings. The van der Waals surface area contributed by atoms with Crippen LogP contribution in [0, 0.1) is 6.92 Å². The molecule has 4 heteroatoms. The van der Waals surface area contributed by atoms with Gasteiger partial charge in [-0.3, -0.25) is 0 Å². The summed E-state index contributed by atoms with van der Waals surface area (Å²) in [6.07, 6.45) is -0.545. The molecule has 1 unspecified atom stereocenters. The van der Waals surface area contributed by atoms with Crippen molar-refractivity contribution in [1.29, 1.82) is 0 Å². The molecule has 0 fully saturated rings. The summed E-state index contributed by atoms with van der Waals surface area (Å²) >= 11 is 5.51. The highest BCUT2D eigenvalue weighted by atomic mass is 35.5. The third-order valence-corrected chi connectivity index (χ3v) is 2.50. The van der Waals surface area contributed by atoms with E-state index in [9.17, 15) is 5.11 Å². The zero-order valence-corrected chi connectivity index (χ0v) is 9.71. The molecule has 0 saturated carbocycles. The first-order valence-electron chi connectivity index (χ1n) is 4.80. The second-order valence-electron chi connectivity index (χ2n) is 3.34. The number of halogens is 1. The number of aryl methyl sites for hydroxylation is 1. The van der Waals surface area contributed by atoms with E-state index >= 15 is 0 Å². The van der Waals surface area contributed by atoms with Gasteiger partial charge < -0.3 is 15.2 Å². The minimum absolute atomic E-state index is 0.223. The topological polar surface area (TPSA) is 41.5 Å². The molecule has 0 aliphatic heterocycles. The molecule has 1 rings (SSSR count). The van der Waals surface area contributed by atoms with Crippen molar-refractivity contribution in [3.63, 3.8) is 0 Å². The summed E-state index contributed by atoms with van der Waals surface area (Å²) in [5.41, 5.74) is 1.99. The van der Waals surface area contributed by atoms with Crippen molar-refractivity contribution < 1.29 is 9.84 Å². The molecular formula is C11H16ClNO2. The normalized spacial score (nSPS) is 12.3. The lowest BCUT2D eigenvalue weighted by Crippen LogP contribution is -2.21. The fourth-order valence-electron chi connectivity index (χ4n) is 1.31. The van der Waals surface area contributed by atoms with E-state index in [0.717, 1.165) is 17.0 Å². The molecule has 0 bridgehead atoms. The van der Waals surface area contributed by atoms with Crippen LogP contribution in [0.4, 0.5) is 5.69 Å².